The van der Waals surface area contributed by atoms with E-state index in [9.17, 15) is 14.4 Å². The number of aromatic amines is 1. The van der Waals surface area contributed by atoms with Gasteiger partial charge < -0.3 is 9.80 Å². The minimum Gasteiger partial charge on any atom is -0.348 e. The largest absolute Gasteiger partial charge is 0.348 e. The highest BCUT2D eigenvalue weighted by atomic mass is 32.1. The predicted molar refractivity (Wildman–Crippen MR) is 120 cm³/mol. The van der Waals surface area contributed by atoms with Gasteiger partial charge in [0, 0.05) is 33.3 Å². The fourth-order valence-corrected chi connectivity index (χ4v) is 4.84. The molecule has 160 valence electrons. The second-order valence-electron chi connectivity index (χ2n) is 8.15. The van der Waals surface area contributed by atoms with Gasteiger partial charge in [-0.25, -0.2) is 5.10 Å². The molecule has 2 amide bonds. The van der Waals surface area contributed by atoms with Crippen LogP contribution in [0.4, 0.5) is 0 Å². The second kappa shape index (κ2) is 8.47. The number of nitrogens with one attached hydrogen (secondary N) is 1. The Labute approximate surface area is 184 Å². The van der Waals surface area contributed by atoms with E-state index in [1.54, 1.807) is 35.2 Å². The summed E-state index contributed by atoms with van der Waals surface area (Å²) in [5.41, 5.74) is 2.51. The molecule has 0 spiro atoms. The first-order chi connectivity index (χ1) is 14.9. The number of carbonyl (C=O) groups excluding carboxylic acids is 2. The van der Waals surface area contributed by atoms with Gasteiger partial charge >= 0.3 is 0 Å². The van der Waals surface area contributed by atoms with Gasteiger partial charge in [-0.1, -0.05) is 24.3 Å². The molecule has 31 heavy (non-hydrogen) atoms. The summed E-state index contributed by atoms with van der Waals surface area (Å²) in [5.74, 6) is -0.267. The molecule has 3 heterocycles. The van der Waals surface area contributed by atoms with Crippen LogP contribution < -0.4 is 5.56 Å². The first-order valence-electron chi connectivity index (χ1n) is 10.1. The summed E-state index contributed by atoms with van der Waals surface area (Å²) in [5, 5.41) is 10.3. The SMILES string of the molecule is CN(C)C(=O)[C@]1(Cc2ccc(-c3ccsc3)cc2)CCN(C(=O)c2ccc(=O)[nH]n2)C1. The van der Waals surface area contributed by atoms with E-state index in [4.69, 9.17) is 0 Å². The summed E-state index contributed by atoms with van der Waals surface area (Å²) in [6.07, 6.45) is 1.13. The zero-order valence-electron chi connectivity index (χ0n) is 17.5. The molecule has 1 aliphatic heterocycles. The molecule has 2 aromatic heterocycles. The fourth-order valence-electron chi connectivity index (χ4n) is 4.17. The van der Waals surface area contributed by atoms with Crippen LogP contribution in [0.1, 0.15) is 22.5 Å². The van der Waals surface area contributed by atoms with Crippen LogP contribution >= 0.6 is 11.3 Å². The number of likely N-dealkylation sites (tertiary alicyclic amines) is 1. The lowest BCUT2D eigenvalue weighted by Crippen LogP contribution is -2.44. The van der Waals surface area contributed by atoms with Crippen molar-refractivity contribution in [1.82, 2.24) is 20.0 Å². The van der Waals surface area contributed by atoms with E-state index < -0.39 is 5.41 Å². The van der Waals surface area contributed by atoms with Crippen molar-refractivity contribution in [1.29, 1.82) is 0 Å². The van der Waals surface area contributed by atoms with Crippen LogP contribution in [0.3, 0.4) is 0 Å². The maximum absolute atomic E-state index is 13.2. The molecule has 0 unspecified atom stereocenters. The Bertz CT molecular complexity index is 1120. The summed E-state index contributed by atoms with van der Waals surface area (Å²) >= 11 is 1.66. The van der Waals surface area contributed by atoms with Crippen LogP contribution in [-0.4, -0.2) is 59.0 Å². The zero-order chi connectivity index (χ0) is 22.0. The fraction of sp³-hybridized carbons (Fsp3) is 0.304. The third-order valence-electron chi connectivity index (χ3n) is 5.75. The number of aromatic nitrogens is 2. The maximum Gasteiger partial charge on any atom is 0.274 e. The number of hydrogen-bond donors (Lipinski definition) is 1. The minimum absolute atomic E-state index is 0.0131. The van der Waals surface area contributed by atoms with Gasteiger partial charge in [0.05, 0.1) is 5.41 Å². The molecule has 1 aliphatic rings. The quantitative estimate of drug-likeness (QED) is 0.666. The van der Waals surface area contributed by atoms with Gasteiger partial charge in [-0.3, -0.25) is 14.4 Å². The Kier molecular flexibility index (Phi) is 5.73. The van der Waals surface area contributed by atoms with Gasteiger partial charge in [0.2, 0.25) is 5.91 Å². The number of nitrogens with zero attached hydrogens (tertiary/aromatic N) is 3. The first kappa shape index (κ1) is 21.0. The summed E-state index contributed by atoms with van der Waals surface area (Å²) in [7, 11) is 3.50. The highest BCUT2D eigenvalue weighted by Gasteiger charge is 2.47. The van der Waals surface area contributed by atoms with Crippen molar-refractivity contribution >= 4 is 23.2 Å². The average Bonchev–Trinajstić information content (AvgIpc) is 3.45. The first-order valence-corrected chi connectivity index (χ1v) is 11.0. The summed E-state index contributed by atoms with van der Waals surface area (Å²) in [6, 6.07) is 13.1. The summed E-state index contributed by atoms with van der Waals surface area (Å²) in [6.45, 7) is 0.780. The lowest BCUT2D eigenvalue weighted by molar-refractivity contribution is -0.138. The number of amides is 2. The van der Waals surface area contributed by atoms with Crippen molar-refractivity contribution in [3.05, 3.63) is 74.8 Å². The molecule has 1 aromatic carbocycles. The molecule has 8 heteroatoms. The van der Waals surface area contributed by atoms with Crippen LogP contribution in [0, 0.1) is 5.41 Å². The summed E-state index contributed by atoms with van der Waals surface area (Å²) in [4.78, 5) is 40.6. The van der Waals surface area contributed by atoms with Gasteiger partial charge in [0.15, 0.2) is 0 Å². The highest BCUT2D eigenvalue weighted by molar-refractivity contribution is 7.08. The normalized spacial score (nSPS) is 18.2. The minimum atomic E-state index is -0.689. The van der Waals surface area contributed by atoms with Crippen molar-refractivity contribution < 1.29 is 9.59 Å². The third-order valence-corrected chi connectivity index (χ3v) is 6.43. The van der Waals surface area contributed by atoms with Crippen molar-refractivity contribution in [2.24, 2.45) is 5.41 Å². The molecule has 0 bridgehead atoms. The van der Waals surface area contributed by atoms with Crippen molar-refractivity contribution in [3.8, 4) is 11.1 Å². The Balaban J connectivity index is 1.56. The molecular formula is C23H24N4O3S. The smallest absolute Gasteiger partial charge is 0.274 e. The lowest BCUT2D eigenvalue weighted by Gasteiger charge is -2.31. The number of H-pyrrole nitrogens is 1. The van der Waals surface area contributed by atoms with E-state index in [-0.39, 0.29) is 23.1 Å². The van der Waals surface area contributed by atoms with E-state index in [1.807, 2.05) is 0 Å². The Hall–Kier alpha value is -3.26. The van der Waals surface area contributed by atoms with Gasteiger partial charge in [-0.15, -0.1) is 0 Å². The molecule has 7 nitrogen and oxygen atoms in total. The van der Waals surface area contributed by atoms with Crippen LogP contribution in [0.25, 0.3) is 11.1 Å². The van der Waals surface area contributed by atoms with Gasteiger partial charge in [-0.2, -0.15) is 16.4 Å². The molecule has 0 aliphatic carbocycles. The van der Waals surface area contributed by atoms with E-state index in [0.717, 1.165) is 11.1 Å². The van der Waals surface area contributed by atoms with E-state index in [0.29, 0.717) is 25.9 Å². The lowest BCUT2D eigenvalue weighted by atomic mass is 9.79. The molecule has 1 N–H and O–H groups in total. The molecule has 1 atom stereocenters. The number of benzene rings is 1. The number of hydrogen-bond acceptors (Lipinski definition) is 5. The second-order valence-corrected chi connectivity index (χ2v) is 8.93. The standard InChI is InChI=1S/C23H24N4O3S/c1-26(2)22(30)23(13-16-3-5-17(6-4-16)18-9-12-31-14-18)10-11-27(15-23)21(29)19-7-8-20(28)25-24-19/h3-9,12,14H,10-11,13,15H2,1-2H3,(H,25,28)/t23-/m0/s1. The van der Waals surface area contributed by atoms with Crippen LogP contribution in [-0.2, 0) is 11.2 Å². The molecule has 3 aromatic rings. The Morgan fingerprint density at radius 3 is 2.52 bits per heavy atom. The Morgan fingerprint density at radius 2 is 1.90 bits per heavy atom. The number of rotatable bonds is 5. The monoisotopic (exact) mass is 436 g/mol. The molecular weight excluding hydrogens is 412 g/mol. The van der Waals surface area contributed by atoms with Gasteiger partial charge in [0.25, 0.3) is 11.5 Å². The summed E-state index contributed by atoms with van der Waals surface area (Å²) < 4.78 is 0. The number of thiophene rings is 1. The predicted octanol–water partition coefficient (Wildman–Crippen LogP) is 2.66. The zero-order valence-corrected chi connectivity index (χ0v) is 18.3. The van der Waals surface area contributed by atoms with E-state index in [2.05, 4.69) is 51.3 Å². The van der Waals surface area contributed by atoms with Crippen LogP contribution in [0.5, 0.6) is 0 Å². The van der Waals surface area contributed by atoms with Crippen LogP contribution in [0.15, 0.2) is 58.0 Å². The van der Waals surface area contributed by atoms with Crippen molar-refractivity contribution in [3.63, 3.8) is 0 Å². The average molecular weight is 437 g/mol. The molecule has 0 radical (unpaired) electrons. The molecule has 1 saturated heterocycles. The molecule has 1 fully saturated rings. The van der Waals surface area contributed by atoms with Crippen molar-refractivity contribution in [2.75, 3.05) is 27.2 Å². The number of carbonyl (C=O) groups is 2. The third kappa shape index (κ3) is 4.29. The molecule has 0 saturated carbocycles. The maximum atomic E-state index is 13.2. The van der Waals surface area contributed by atoms with E-state index >= 15 is 0 Å². The highest BCUT2D eigenvalue weighted by Crippen LogP contribution is 2.37. The Morgan fingerprint density at radius 1 is 1.13 bits per heavy atom. The molecule has 4 rings (SSSR count). The van der Waals surface area contributed by atoms with Crippen LogP contribution in [0.2, 0.25) is 0 Å². The topological polar surface area (TPSA) is 86.4 Å². The van der Waals surface area contributed by atoms with Gasteiger partial charge in [0.1, 0.15) is 5.69 Å². The van der Waals surface area contributed by atoms with Gasteiger partial charge in [-0.05, 0) is 52.4 Å². The van der Waals surface area contributed by atoms with Crippen molar-refractivity contribution in [2.45, 2.75) is 12.8 Å². The van der Waals surface area contributed by atoms with E-state index in [1.165, 1.54) is 17.7 Å².